The summed E-state index contributed by atoms with van der Waals surface area (Å²) in [5, 5.41) is 6.03. The normalized spacial score (nSPS) is 11.9. The van der Waals surface area contributed by atoms with Gasteiger partial charge >= 0.3 is 0 Å². The minimum absolute atomic E-state index is 0.0942. The van der Waals surface area contributed by atoms with E-state index < -0.39 is 0 Å². The van der Waals surface area contributed by atoms with E-state index in [-0.39, 0.29) is 5.91 Å². The maximum absolute atomic E-state index is 11.8. The molecule has 4 N–H and O–H groups in total. The summed E-state index contributed by atoms with van der Waals surface area (Å²) in [5.41, 5.74) is 7.90. The van der Waals surface area contributed by atoms with E-state index in [2.05, 4.69) is 24.5 Å². The van der Waals surface area contributed by atoms with Crippen LogP contribution in [0.2, 0.25) is 0 Å². The van der Waals surface area contributed by atoms with Gasteiger partial charge in [0.2, 0.25) is 0 Å². The summed E-state index contributed by atoms with van der Waals surface area (Å²) in [6.07, 6.45) is 4.75. The molecule has 0 aromatic heterocycles. The van der Waals surface area contributed by atoms with Gasteiger partial charge in [-0.3, -0.25) is 4.79 Å². The van der Waals surface area contributed by atoms with Gasteiger partial charge in [0.1, 0.15) is 0 Å². The van der Waals surface area contributed by atoms with E-state index in [0.717, 1.165) is 12.1 Å². The zero-order valence-electron chi connectivity index (χ0n) is 12.1. The lowest BCUT2D eigenvalue weighted by Crippen LogP contribution is -2.22. The van der Waals surface area contributed by atoms with Crippen molar-refractivity contribution in [3.05, 3.63) is 23.8 Å². The highest BCUT2D eigenvalue weighted by Crippen LogP contribution is 2.21. The Morgan fingerprint density at radius 3 is 2.74 bits per heavy atom. The highest BCUT2D eigenvalue weighted by molar-refractivity contribution is 6.00. The number of benzene rings is 1. The maximum atomic E-state index is 11.8. The number of nitrogens with one attached hydrogen (secondary N) is 2. The third-order valence-corrected chi connectivity index (χ3v) is 3.16. The number of unbranched alkanes of at least 4 members (excludes halogenated alkanes) is 2. The van der Waals surface area contributed by atoms with E-state index in [1.807, 2.05) is 6.07 Å². The summed E-state index contributed by atoms with van der Waals surface area (Å²) >= 11 is 0. The van der Waals surface area contributed by atoms with Crippen molar-refractivity contribution in [1.82, 2.24) is 5.32 Å². The average molecular weight is 263 g/mol. The first-order chi connectivity index (χ1) is 9.08. The smallest absolute Gasteiger partial charge is 0.253 e. The lowest BCUT2D eigenvalue weighted by Gasteiger charge is -2.18. The van der Waals surface area contributed by atoms with Crippen LogP contribution in [0.4, 0.5) is 11.4 Å². The zero-order chi connectivity index (χ0) is 14.3. The third kappa shape index (κ3) is 4.81. The first-order valence-electron chi connectivity index (χ1n) is 6.96. The SMILES string of the molecule is CCCCCC(C)Nc1cc(N)ccc1C(=O)NC. The predicted molar refractivity (Wildman–Crippen MR) is 81.5 cm³/mol. The fourth-order valence-electron chi connectivity index (χ4n) is 2.05. The fraction of sp³-hybridized carbons (Fsp3) is 0.533. The first kappa shape index (κ1) is 15.3. The Balaban J connectivity index is 2.75. The maximum Gasteiger partial charge on any atom is 0.253 e. The molecule has 0 bridgehead atoms. The Kier molecular flexibility index (Phi) is 6.19. The van der Waals surface area contributed by atoms with Crippen molar-refractivity contribution in [3.8, 4) is 0 Å². The molecule has 1 atom stereocenters. The van der Waals surface area contributed by atoms with Crippen molar-refractivity contribution in [2.45, 2.75) is 45.6 Å². The van der Waals surface area contributed by atoms with Crippen LogP contribution in [0.5, 0.6) is 0 Å². The van der Waals surface area contributed by atoms with Crippen LogP contribution in [-0.2, 0) is 0 Å². The van der Waals surface area contributed by atoms with Gasteiger partial charge < -0.3 is 16.4 Å². The molecule has 0 radical (unpaired) electrons. The van der Waals surface area contributed by atoms with Crippen molar-refractivity contribution in [3.63, 3.8) is 0 Å². The van der Waals surface area contributed by atoms with Crippen molar-refractivity contribution in [2.24, 2.45) is 0 Å². The fourth-order valence-corrected chi connectivity index (χ4v) is 2.05. The quantitative estimate of drug-likeness (QED) is 0.523. The Bertz CT molecular complexity index is 418. The van der Waals surface area contributed by atoms with Gasteiger partial charge in [-0.2, -0.15) is 0 Å². The van der Waals surface area contributed by atoms with E-state index >= 15 is 0 Å². The predicted octanol–water partition coefficient (Wildman–Crippen LogP) is 3.01. The molecule has 1 rings (SSSR count). The number of carbonyl (C=O) groups is 1. The Morgan fingerprint density at radius 1 is 1.37 bits per heavy atom. The Hall–Kier alpha value is -1.71. The Morgan fingerprint density at radius 2 is 2.11 bits per heavy atom. The number of rotatable bonds is 7. The number of anilines is 2. The molecular weight excluding hydrogens is 238 g/mol. The molecule has 0 aliphatic rings. The van der Waals surface area contributed by atoms with Crippen LogP contribution in [0.25, 0.3) is 0 Å². The molecule has 1 amide bonds. The number of hydrogen-bond donors (Lipinski definition) is 3. The number of nitrogen functional groups attached to an aromatic ring is 1. The van der Waals surface area contributed by atoms with Gasteiger partial charge in [0.25, 0.3) is 5.91 Å². The minimum Gasteiger partial charge on any atom is -0.399 e. The standard InChI is InChI=1S/C15H25N3O/c1-4-5-6-7-11(2)18-14-10-12(16)8-9-13(14)15(19)17-3/h8-11,18H,4-7,16H2,1-3H3,(H,17,19). The minimum atomic E-state index is -0.0942. The number of carbonyl (C=O) groups excluding carboxylic acids is 1. The van der Waals surface area contributed by atoms with Crippen LogP contribution in [-0.4, -0.2) is 19.0 Å². The summed E-state index contributed by atoms with van der Waals surface area (Å²) in [5.74, 6) is -0.0942. The third-order valence-electron chi connectivity index (χ3n) is 3.16. The molecule has 19 heavy (non-hydrogen) atoms. The average Bonchev–Trinajstić information content (AvgIpc) is 2.38. The summed E-state index contributed by atoms with van der Waals surface area (Å²) < 4.78 is 0. The molecule has 0 saturated carbocycles. The monoisotopic (exact) mass is 263 g/mol. The Labute approximate surface area is 115 Å². The van der Waals surface area contributed by atoms with Gasteiger partial charge in [0.15, 0.2) is 0 Å². The lowest BCUT2D eigenvalue weighted by atomic mass is 10.1. The van der Waals surface area contributed by atoms with Crippen molar-refractivity contribution in [1.29, 1.82) is 0 Å². The van der Waals surface area contributed by atoms with E-state index in [1.54, 1.807) is 19.2 Å². The van der Waals surface area contributed by atoms with Gasteiger partial charge in [-0.05, 0) is 31.5 Å². The molecule has 0 heterocycles. The van der Waals surface area contributed by atoms with Crippen molar-refractivity contribution in [2.75, 3.05) is 18.1 Å². The second kappa shape index (κ2) is 7.67. The van der Waals surface area contributed by atoms with Crippen LogP contribution >= 0.6 is 0 Å². The van der Waals surface area contributed by atoms with Crippen LogP contribution in [0.3, 0.4) is 0 Å². The van der Waals surface area contributed by atoms with Crippen molar-refractivity contribution < 1.29 is 4.79 Å². The molecule has 0 fully saturated rings. The molecule has 1 aromatic carbocycles. The van der Waals surface area contributed by atoms with Crippen molar-refractivity contribution >= 4 is 17.3 Å². The van der Waals surface area contributed by atoms with Crippen LogP contribution in [0, 0.1) is 0 Å². The van der Waals surface area contributed by atoms with Gasteiger partial charge in [-0.1, -0.05) is 26.2 Å². The first-order valence-corrected chi connectivity index (χ1v) is 6.96. The zero-order valence-corrected chi connectivity index (χ0v) is 12.1. The number of amides is 1. The molecule has 1 aromatic rings. The van der Waals surface area contributed by atoms with E-state index in [0.29, 0.717) is 17.3 Å². The largest absolute Gasteiger partial charge is 0.399 e. The highest BCUT2D eigenvalue weighted by atomic mass is 16.1. The van der Waals surface area contributed by atoms with E-state index in [9.17, 15) is 4.79 Å². The molecule has 0 aliphatic carbocycles. The van der Waals surface area contributed by atoms with E-state index in [1.165, 1.54) is 19.3 Å². The van der Waals surface area contributed by atoms with Crippen LogP contribution in [0.1, 0.15) is 49.9 Å². The number of hydrogen-bond acceptors (Lipinski definition) is 3. The summed E-state index contributed by atoms with van der Waals surface area (Å²) in [6, 6.07) is 5.66. The molecule has 1 unspecified atom stereocenters. The summed E-state index contributed by atoms with van der Waals surface area (Å²) in [6.45, 7) is 4.33. The molecule has 4 nitrogen and oxygen atoms in total. The van der Waals surface area contributed by atoms with Gasteiger partial charge in [0.05, 0.1) is 5.56 Å². The van der Waals surface area contributed by atoms with Crippen LogP contribution in [0.15, 0.2) is 18.2 Å². The molecule has 0 spiro atoms. The second-order valence-corrected chi connectivity index (χ2v) is 4.93. The summed E-state index contributed by atoms with van der Waals surface area (Å²) in [7, 11) is 1.63. The molecule has 0 saturated heterocycles. The van der Waals surface area contributed by atoms with Gasteiger partial charge in [-0.15, -0.1) is 0 Å². The molecular formula is C15H25N3O. The topological polar surface area (TPSA) is 67.1 Å². The number of nitrogens with two attached hydrogens (primary N) is 1. The van der Waals surface area contributed by atoms with Crippen LogP contribution < -0.4 is 16.4 Å². The summed E-state index contributed by atoms with van der Waals surface area (Å²) in [4.78, 5) is 11.8. The second-order valence-electron chi connectivity index (χ2n) is 4.93. The lowest BCUT2D eigenvalue weighted by molar-refractivity contribution is 0.0964. The highest BCUT2D eigenvalue weighted by Gasteiger charge is 2.12. The van der Waals surface area contributed by atoms with E-state index in [4.69, 9.17) is 5.73 Å². The molecule has 4 heteroatoms. The molecule has 106 valence electrons. The van der Waals surface area contributed by atoms with Gasteiger partial charge in [-0.25, -0.2) is 0 Å². The van der Waals surface area contributed by atoms with Gasteiger partial charge in [0, 0.05) is 24.5 Å². The molecule has 0 aliphatic heterocycles.